The molecule has 0 saturated carbocycles. The second-order valence-corrected chi connectivity index (χ2v) is 7.30. The number of halogens is 1. The summed E-state index contributed by atoms with van der Waals surface area (Å²) in [5.41, 5.74) is 3.22. The normalized spacial score (nSPS) is 10.8. The summed E-state index contributed by atoms with van der Waals surface area (Å²) in [6, 6.07) is 6.24. The molecule has 0 aliphatic carbocycles. The number of carbonyl (C=O) groups excluding carboxylic acids is 1. The van der Waals surface area contributed by atoms with Crippen molar-refractivity contribution in [3.05, 3.63) is 64.0 Å². The number of nitrogens with one attached hydrogen (secondary N) is 1. The molecule has 1 N–H and O–H groups in total. The molecular weight excluding hydrogens is 353 g/mol. The first-order chi connectivity index (χ1) is 12.4. The van der Waals surface area contributed by atoms with Crippen LogP contribution in [-0.2, 0) is 11.3 Å². The number of rotatable bonds is 6. The number of carbonyl (C=O) groups is 1. The maximum atomic E-state index is 12.9. The van der Waals surface area contributed by atoms with Crippen LogP contribution in [0.25, 0.3) is 0 Å². The van der Waals surface area contributed by atoms with Crippen LogP contribution in [0.1, 0.15) is 21.6 Å². The van der Waals surface area contributed by atoms with Crippen LogP contribution in [0.5, 0.6) is 5.75 Å². The zero-order valence-corrected chi connectivity index (χ0v) is 15.7. The molecule has 0 bridgehead atoms. The van der Waals surface area contributed by atoms with Gasteiger partial charge in [0.1, 0.15) is 5.82 Å². The van der Waals surface area contributed by atoms with Crippen molar-refractivity contribution in [2.24, 2.45) is 0 Å². The SMILES string of the molecule is Cc1sc(NC(=O)COc2cnn(Cc3ccc(F)cc3)c2)c(C)c1C. The number of ether oxygens (including phenoxy) is 1. The first kappa shape index (κ1) is 18.1. The molecule has 2 aromatic heterocycles. The maximum Gasteiger partial charge on any atom is 0.262 e. The van der Waals surface area contributed by atoms with E-state index in [1.54, 1.807) is 40.5 Å². The molecule has 136 valence electrons. The average Bonchev–Trinajstić information content (AvgIpc) is 3.16. The minimum Gasteiger partial charge on any atom is -0.480 e. The Labute approximate surface area is 155 Å². The number of benzene rings is 1. The van der Waals surface area contributed by atoms with Crippen molar-refractivity contribution in [1.29, 1.82) is 0 Å². The van der Waals surface area contributed by atoms with Crippen LogP contribution in [0.4, 0.5) is 9.39 Å². The Morgan fingerprint density at radius 1 is 1.23 bits per heavy atom. The highest BCUT2D eigenvalue weighted by Gasteiger charge is 2.12. The standard InChI is InChI=1S/C19H20FN3O2S/c1-12-13(2)19(26-14(12)3)22-18(24)11-25-17-8-21-23(10-17)9-15-4-6-16(20)7-5-15/h4-8,10H,9,11H2,1-3H3,(H,22,24). The van der Waals surface area contributed by atoms with E-state index in [-0.39, 0.29) is 18.3 Å². The second-order valence-electron chi connectivity index (χ2n) is 6.07. The Hall–Kier alpha value is -2.67. The maximum absolute atomic E-state index is 12.9. The molecule has 26 heavy (non-hydrogen) atoms. The van der Waals surface area contributed by atoms with Gasteiger partial charge in [0.2, 0.25) is 0 Å². The third-order valence-corrected chi connectivity index (χ3v) is 5.40. The summed E-state index contributed by atoms with van der Waals surface area (Å²) in [7, 11) is 0. The molecule has 2 heterocycles. The second kappa shape index (κ2) is 7.70. The topological polar surface area (TPSA) is 56.1 Å². The molecule has 5 nitrogen and oxygen atoms in total. The minimum atomic E-state index is -0.268. The highest BCUT2D eigenvalue weighted by molar-refractivity contribution is 7.16. The molecule has 1 aromatic carbocycles. The fourth-order valence-corrected chi connectivity index (χ4v) is 3.54. The van der Waals surface area contributed by atoms with Gasteiger partial charge in [-0.3, -0.25) is 9.48 Å². The van der Waals surface area contributed by atoms with Crippen LogP contribution >= 0.6 is 11.3 Å². The molecule has 0 fully saturated rings. The molecular formula is C19H20FN3O2S. The lowest BCUT2D eigenvalue weighted by atomic mass is 10.2. The molecule has 0 unspecified atom stereocenters. The van der Waals surface area contributed by atoms with E-state index in [4.69, 9.17) is 4.74 Å². The number of hydrogen-bond acceptors (Lipinski definition) is 4. The highest BCUT2D eigenvalue weighted by atomic mass is 32.1. The Bertz CT molecular complexity index is 916. The summed E-state index contributed by atoms with van der Waals surface area (Å²) < 4.78 is 20.1. The number of thiophene rings is 1. The van der Waals surface area contributed by atoms with Crippen molar-refractivity contribution in [3.63, 3.8) is 0 Å². The van der Waals surface area contributed by atoms with Crippen molar-refractivity contribution in [1.82, 2.24) is 9.78 Å². The van der Waals surface area contributed by atoms with E-state index in [0.717, 1.165) is 16.1 Å². The summed E-state index contributed by atoms with van der Waals surface area (Å²) in [5, 5.41) is 7.94. The Morgan fingerprint density at radius 3 is 2.62 bits per heavy atom. The van der Waals surface area contributed by atoms with E-state index in [9.17, 15) is 9.18 Å². The summed E-state index contributed by atoms with van der Waals surface area (Å²) in [5.74, 6) is 0.0359. The van der Waals surface area contributed by atoms with E-state index in [1.807, 2.05) is 20.8 Å². The first-order valence-electron chi connectivity index (χ1n) is 8.18. The largest absolute Gasteiger partial charge is 0.480 e. The van der Waals surface area contributed by atoms with Crippen LogP contribution in [0.3, 0.4) is 0 Å². The molecule has 3 rings (SSSR count). The van der Waals surface area contributed by atoms with E-state index >= 15 is 0 Å². The van der Waals surface area contributed by atoms with E-state index in [1.165, 1.54) is 22.6 Å². The molecule has 0 atom stereocenters. The zero-order valence-electron chi connectivity index (χ0n) is 14.9. The fraction of sp³-hybridized carbons (Fsp3) is 0.263. The average molecular weight is 373 g/mol. The summed E-state index contributed by atoms with van der Waals surface area (Å²) in [6.07, 6.45) is 3.27. The fourth-order valence-electron chi connectivity index (χ4n) is 2.45. The molecule has 1 amide bonds. The monoisotopic (exact) mass is 373 g/mol. The minimum absolute atomic E-state index is 0.0856. The summed E-state index contributed by atoms with van der Waals surface area (Å²) in [4.78, 5) is 13.3. The lowest BCUT2D eigenvalue weighted by molar-refractivity contribution is -0.118. The third-order valence-electron chi connectivity index (χ3n) is 4.18. The summed E-state index contributed by atoms with van der Waals surface area (Å²) >= 11 is 1.57. The summed E-state index contributed by atoms with van der Waals surface area (Å²) in [6.45, 7) is 6.49. The van der Waals surface area contributed by atoms with Gasteiger partial charge in [-0.2, -0.15) is 5.10 Å². The van der Waals surface area contributed by atoms with Crippen LogP contribution in [0.15, 0.2) is 36.7 Å². The van der Waals surface area contributed by atoms with Crippen LogP contribution in [-0.4, -0.2) is 22.3 Å². The van der Waals surface area contributed by atoms with Crippen molar-refractivity contribution >= 4 is 22.2 Å². The van der Waals surface area contributed by atoms with Gasteiger partial charge in [-0.15, -0.1) is 11.3 Å². The van der Waals surface area contributed by atoms with Crippen molar-refractivity contribution in [2.45, 2.75) is 27.3 Å². The zero-order chi connectivity index (χ0) is 18.7. The lowest BCUT2D eigenvalue weighted by Gasteiger charge is -2.05. The predicted molar refractivity (Wildman–Crippen MR) is 100 cm³/mol. The highest BCUT2D eigenvalue weighted by Crippen LogP contribution is 2.31. The van der Waals surface area contributed by atoms with Crippen molar-refractivity contribution < 1.29 is 13.9 Å². The third kappa shape index (κ3) is 4.29. The van der Waals surface area contributed by atoms with Gasteiger partial charge in [0.15, 0.2) is 12.4 Å². The van der Waals surface area contributed by atoms with Gasteiger partial charge in [-0.05, 0) is 49.6 Å². The Kier molecular flexibility index (Phi) is 5.37. The smallest absolute Gasteiger partial charge is 0.262 e. The molecule has 0 aliphatic rings. The van der Waals surface area contributed by atoms with Gasteiger partial charge >= 0.3 is 0 Å². The quantitative estimate of drug-likeness (QED) is 0.708. The Balaban J connectivity index is 1.53. The Morgan fingerprint density at radius 2 is 1.96 bits per heavy atom. The van der Waals surface area contributed by atoms with Gasteiger partial charge in [0, 0.05) is 4.88 Å². The van der Waals surface area contributed by atoms with Crippen LogP contribution in [0.2, 0.25) is 0 Å². The van der Waals surface area contributed by atoms with E-state index in [0.29, 0.717) is 12.3 Å². The van der Waals surface area contributed by atoms with Gasteiger partial charge < -0.3 is 10.1 Å². The number of hydrogen-bond donors (Lipinski definition) is 1. The van der Waals surface area contributed by atoms with Gasteiger partial charge in [0.05, 0.1) is 23.9 Å². The molecule has 0 radical (unpaired) electrons. The van der Waals surface area contributed by atoms with Gasteiger partial charge in [-0.1, -0.05) is 12.1 Å². The van der Waals surface area contributed by atoms with Crippen molar-refractivity contribution in [2.75, 3.05) is 11.9 Å². The number of amides is 1. The predicted octanol–water partition coefficient (Wildman–Crippen LogP) is 4.07. The molecule has 7 heteroatoms. The number of aromatic nitrogens is 2. The van der Waals surface area contributed by atoms with Crippen LogP contribution < -0.4 is 10.1 Å². The molecule has 0 spiro atoms. The molecule has 3 aromatic rings. The molecule has 0 aliphatic heterocycles. The lowest BCUT2D eigenvalue weighted by Crippen LogP contribution is -2.19. The number of aryl methyl sites for hydroxylation is 1. The van der Waals surface area contributed by atoms with Crippen molar-refractivity contribution in [3.8, 4) is 5.75 Å². The van der Waals surface area contributed by atoms with Gasteiger partial charge in [-0.25, -0.2) is 4.39 Å². The molecule has 0 saturated heterocycles. The number of anilines is 1. The number of nitrogens with zero attached hydrogens (tertiary/aromatic N) is 2. The van der Waals surface area contributed by atoms with E-state index < -0.39 is 0 Å². The first-order valence-corrected chi connectivity index (χ1v) is 9.00. The van der Waals surface area contributed by atoms with E-state index in [2.05, 4.69) is 10.4 Å². The van der Waals surface area contributed by atoms with Gasteiger partial charge in [0.25, 0.3) is 5.91 Å². The van der Waals surface area contributed by atoms with Crippen LogP contribution in [0, 0.1) is 26.6 Å².